The van der Waals surface area contributed by atoms with Crippen LogP contribution in [0.4, 0.5) is 13.2 Å². The first-order chi connectivity index (χ1) is 12.2. The fourth-order valence-electron chi connectivity index (χ4n) is 3.44. The zero-order chi connectivity index (χ0) is 18.9. The number of aliphatic hydroxyl groups is 2. The monoisotopic (exact) mass is 372 g/mol. The number of esters is 1. The molecule has 26 heavy (non-hydrogen) atoms. The van der Waals surface area contributed by atoms with Crippen molar-refractivity contribution >= 4 is 5.97 Å². The first kappa shape index (κ1) is 18.7. The molecular formula is C18H19F3O5. The summed E-state index contributed by atoms with van der Waals surface area (Å²) in [5.41, 5.74) is -0.828. The number of carbonyl (C=O) groups excluding carboxylic acids is 1. The molecule has 1 aliphatic carbocycles. The van der Waals surface area contributed by atoms with Crippen molar-refractivity contribution in [2.24, 2.45) is 11.8 Å². The number of carbonyl (C=O) groups is 1. The molecule has 1 unspecified atom stereocenters. The summed E-state index contributed by atoms with van der Waals surface area (Å²) >= 11 is 0. The van der Waals surface area contributed by atoms with Crippen LogP contribution >= 0.6 is 0 Å². The number of benzene rings is 1. The van der Waals surface area contributed by atoms with Crippen LogP contribution in [0.15, 0.2) is 36.4 Å². The zero-order valence-corrected chi connectivity index (χ0v) is 13.7. The average molecular weight is 372 g/mol. The lowest BCUT2D eigenvalue weighted by atomic mass is 9.91. The molecule has 8 heteroatoms. The molecule has 0 aromatic heterocycles. The fraction of sp³-hybridized carbons (Fsp3) is 0.500. The Morgan fingerprint density at radius 3 is 2.88 bits per heavy atom. The van der Waals surface area contributed by atoms with Crippen LogP contribution in [-0.2, 0) is 15.7 Å². The third-order valence-corrected chi connectivity index (χ3v) is 4.71. The number of rotatable bonds is 5. The number of ether oxygens (including phenoxy) is 2. The highest BCUT2D eigenvalue weighted by Crippen LogP contribution is 2.42. The summed E-state index contributed by atoms with van der Waals surface area (Å²) in [4.78, 5) is 11.3. The topological polar surface area (TPSA) is 76.0 Å². The highest BCUT2D eigenvalue weighted by molar-refractivity contribution is 5.72. The Kier molecular flexibility index (Phi) is 5.24. The Hall–Kier alpha value is -2.06. The van der Waals surface area contributed by atoms with Gasteiger partial charge in [0.2, 0.25) is 0 Å². The molecule has 1 aromatic rings. The summed E-state index contributed by atoms with van der Waals surface area (Å²) in [6.45, 7) is -0.232. The van der Waals surface area contributed by atoms with Gasteiger partial charge >= 0.3 is 12.1 Å². The largest absolute Gasteiger partial charge is 0.491 e. The van der Waals surface area contributed by atoms with E-state index in [9.17, 15) is 28.2 Å². The normalized spacial score (nSPS) is 29.7. The molecule has 1 heterocycles. The van der Waals surface area contributed by atoms with Gasteiger partial charge in [-0.1, -0.05) is 18.2 Å². The minimum atomic E-state index is -4.46. The maximum atomic E-state index is 12.7. The van der Waals surface area contributed by atoms with Gasteiger partial charge in [-0.2, -0.15) is 13.2 Å². The number of alkyl halides is 3. The van der Waals surface area contributed by atoms with Gasteiger partial charge in [0.05, 0.1) is 18.1 Å². The molecule has 1 saturated heterocycles. The van der Waals surface area contributed by atoms with Crippen LogP contribution in [0.5, 0.6) is 5.75 Å². The maximum Gasteiger partial charge on any atom is 0.416 e. The highest BCUT2D eigenvalue weighted by atomic mass is 19.4. The standard InChI is InChI=1S/C18H19F3O5/c19-18(20,21)10-2-1-3-12(6-10)25-9-11(22)4-5-13-14-7-17(24)26-16(14)8-15(13)23/h1-6,11,13-16,22-23H,7-9H2/t11?,13-,14-,15-,16+/m1/s1. The van der Waals surface area contributed by atoms with Crippen molar-refractivity contribution < 1.29 is 37.7 Å². The molecule has 1 aromatic carbocycles. The summed E-state index contributed by atoms with van der Waals surface area (Å²) in [5.74, 6) is -0.721. The molecule has 0 spiro atoms. The van der Waals surface area contributed by atoms with Crippen molar-refractivity contribution in [3.63, 3.8) is 0 Å². The van der Waals surface area contributed by atoms with E-state index in [0.29, 0.717) is 6.42 Å². The second-order valence-corrected chi connectivity index (χ2v) is 6.57. The molecule has 1 aliphatic heterocycles. The molecule has 3 rings (SSSR count). The zero-order valence-electron chi connectivity index (χ0n) is 13.7. The number of aliphatic hydroxyl groups excluding tert-OH is 2. The number of hydrogen-bond acceptors (Lipinski definition) is 5. The molecule has 0 radical (unpaired) electrons. The lowest BCUT2D eigenvalue weighted by Crippen LogP contribution is -2.20. The molecule has 5 nitrogen and oxygen atoms in total. The summed E-state index contributed by atoms with van der Waals surface area (Å²) in [5, 5.41) is 20.0. The van der Waals surface area contributed by atoms with Crippen LogP contribution in [0, 0.1) is 11.8 Å². The minimum Gasteiger partial charge on any atom is -0.491 e. The van der Waals surface area contributed by atoms with E-state index in [1.807, 2.05) is 0 Å². The third kappa shape index (κ3) is 4.19. The average Bonchev–Trinajstić information content (AvgIpc) is 3.05. The Morgan fingerprint density at radius 1 is 1.38 bits per heavy atom. The minimum absolute atomic E-state index is 0.00281. The smallest absolute Gasteiger partial charge is 0.416 e. The van der Waals surface area contributed by atoms with Crippen molar-refractivity contribution in [3.05, 3.63) is 42.0 Å². The summed E-state index contributed by atoms with van der Waals surface area (Å²) in [7, 11) is 0. The third-order valence-electron chi connectivity index (χ3n) is 4.71. The van der Waals surface area contributed by atoms with Crippen molar-refractivity contribution in [2.75, 3.05) is 6.61 Å². The van der Waals surface area contributed by atoms with Crippen LogP contribution in [0.1, 0.15) is 18.4 Å². The molecule has 5 atom stereocenters. The van der Waals surface area contributed by atoms with Gasteiger partial charge in [-0.05, 0) is 18.2 Å². The maximum absolute atomic E-state index is 12.7. The predicted molar refractivity (Wildman–Crippen MR) is 84.2 cm³/mol. The lowest BCUT2D eigenvalue weighted by Gasteiger charge is -2.16. The van der Waals surface area contributed by atoms with Gasteiger partial charge in [0.25, 0.3) is 0 Å². The highest BCUT2D eigenvalue weighted by Gasteiger charge is 2.48. The van der Waals surface area contributed by atoms with E-state index in [1.54, 1.807) is 6.08 Å². The van der Waals surface area contributed by atoms with Gasteiger partial charge in [0.15, 0.2) is 0 Å². The van der Waals surface area contributed by atoms with Crippen molar-refractivity contribution in [1.29, 1.82) is 0 Å². The summed E-state index contributed by atoms with van der Waals surface area (Å²) in [6, 6.07) is 4.40. The molecule has 0 bridgehead atoms. The van der Waals surface area contributed by atoms with Crippen molar-refractivity contribution in [1.82, 2.24) is 0 Å². The van der Waals surface area contributed by atoms with Crippen LogP contribution in [0.25, 0.3) is 0 Å². The van der Waals surface area contributed by atoms with E-state index >= 15 is 0 Å². The number of halogens is 3. The Balaban J connectivity index is 1.55. The Morgan fingerprint density at radius 2 is 2.15 bits per heavy atom. The van der Waals surface area contributed by atoms with Crippen LogP contribution in [0.2, 0.25) is 0 Å². The number of hydrogen-bond donors (Lipinski definition) is 2. The molecule has 0 amide bonds. The second-order valence-electron chi connectivity index (χ2n) is 6.57. The van der Waals surface area contributed by atoms with E-state index in [2.05, 4.69) is 0 Å². The van der Waals surface area contributed by atoms with E-state index in [0.717, 1.165) is 12.1 Å². The molecule has 2 fully saturated rings. The van der Waals surface area contributed by atoms with E-state index in [-0.39, 0.29) is 42.7 Å². The van der Waals surface area contributed by atoms with Crippen LogP contribution < -0.4 is 4.74 Å². The molecule has 1 saturated carbocycles. The molecule has 142 valence electrons. The van der Waals surface area contributed by atoms with Crippen molar-refractivity contribution in [2.45, 2.75) is 37.3 Å². The molecule has 2 N–H and O–H groups in total. The first-order valence-electron chi connectivity index (χ1n) is 8.28. The fourth-order valence-corrected chi connectivity index (χ4v) is 3.44. The van der Waals surface area contributed by atoms with E-state index in [1.165, 1.54) is 18.2 Å². The molecule has 2 aliphatic rings. The van der Waals surface area contributed by atoms with Gasteiger partial charge in [-0.3, -0.25) is 4.79 Å². The predicted octanol–water partition coefficient (Wildman–Crippen LogP) is 2.31. The lowest BCUT2D eigenvalue weighted by molar-refractivity contribution is -0.142. The van der Waals surface area contributed by atoms with Crippen LogP contribution in [0.3, 0.4) is 0 Å². The SMILES string of the molecule is O=C1C[C@@H]2[C@@H](C=CC(O)COc3cccc(C(F)(F)F)c3)[C@H](O)C[C@@H]2O1. The van der Waals surface area contributed by atoms with E-state index < -0.39 is 23.9 Å². The Bertz CT molecular complexity index is 688. The van der Waals surface area contributed by atoms with Gasteiger partial charge in [-0.25, -0.2) is 0 Å². The molecular weight excluding hydrogens is 353 g/mol. The Labute approximate surface area is 148 Å². The summed E-state index contributed by atoms with van der Waals surface area (Å²) in [6.07, 6.45) is -2.85. The quantitative estimate of drug-likeness (QED) is 0.613. The summed E-state index contributed by atoms with van der Waals surface area (Å²) < 4.78 is 48.3. The van der Waals surface area contributed by atoms with Gasteiger partial charge in [0.1, 0.15) is 24.6 Å². The van der Waals surface area contributed by atoms with Crippen LogP contribution in [-0.4, -0.2) is 41.1 Å². The number of fused-ring (bicyclic) bond motifs is 1. The van der Waals surface area contributed by atoms with Gasteiger partial charge < -0.3 is 19.7 Å². The van der Waals surface area contributed by atoms with Crippen molar-refractivity contribution in [3.8, 4) is 5.75 Å². The second kappa shape index (κ2) is 7.28. The van der Waals surface area contributed by atoms with Gasteiger partial charge in [0, 0.05) is 18.3 Å². The van der Waals surface area contributed by atoms with E-state index in [4.69, 9.17) is 9.47 Å². The van der Waals surface area contributed by atoms with Gasteiger partial charge in [-0.15, -0.1) is 0 Å². The first-order valence-corrected chi connectivity index (χ1v) is 8.28.